The molecule has 0 aromatic heterocycles. The van der Waals surface area contributed by atoms with Gasteiger partial charge >= 0.3 is 6.18 Å². The van der Waals surface area contributed by atoms with E-state index in [4.69, 9.17) is 5.11 Å². The molecule has 1 atom stereocenters. The van der Waals surface area contributed by atoms with Gasteiger partial charge in [-0.25, -0.2) is 0 Å². The summed E-state index contributed by atoms with van der Waals surface area (Å²) in [6.07, 6.45) is -3.61. The first-order valence-corrected chi connectivity index (χ1v) is 8.11. The van der Waals surface area contributed by atoms with Gasteiger partial charge < -0.3 is 20.0 Å². The number of rotatable bonds is 5. The summed E-state index contributed by atoms with van der Waals surface area (Å²) >= 11 is 0. The van der Waals surface area contributed by atoms with Gasteiger partial charge in [0, 0.05) is 32.7 Å². The molecule has 8 heteroatoms. The molecule has 1 spiro atoms. The number of β-amino-alcohol motifs (C(OH)–C–C–N with tert-alkyl or cyclic N) is 1. The van der Waals surface area contributed by atoms with Crippen LogP contribution in [-0.2, 0) is 4.79 Å². The highest BCUT2D eigenvalue weighted by Gasteiger charge is 2.43. The summed E-state index contributed by atoms with van der Waals surface area (Å²) in [5.41, 5.74) is -0.0248. The third-order valence-corrected chi connectivity index (χ3v) is 5.06. The number of alkyl halides is 3. The minimum absolute atomic E-state index is 0.0248. The number of piperidine rings is 2. The number of carbonyl (C=O) groups excluding carboxylic acids is 1. The molecule has 0 aromatic carbocycles. The lowest BCUT2D eigenvalue weighted by molar-refractivity contribution is -0.209. The van der Waals surface area contributed by atoms with Crippen LogP contribution in [0.5, 0.6) is 0 Å². The Morgan fingerprint density at radius 3 is 2.43 bits per heavy atom. The summed E-state index contributed by atoms with van der Waals surface area (Å²) in [5, 5.41) is 18.1. The molecule has 1 amide bonds. The third kappa shape index (κ3) is 4.81. The SMILES string of the molecule is O=C1CCC2(CCN(C[C@@H](O)C(F)(F)F)CC2)CN1CCCO. The minimum atomic E-state index is -4.58. The van der Waals surface area contributed by atoms with Gasteiger partial charge in [-0.3, -0.25) is 4.79 Å². The molecule has 2 saturated heterocycles. The van der Waals surface area contributed by atoms with Crippen molar-refractivity contribution in [2.75, 3.05) is 39.3 Å². The van der Waals surface area contributed by atoms with Crippen LogP contribution in [0.1, 0.15) is 32.1 Å². The van der Waals surface area contributed by atoms with E-state index in [2.05, 4.69) is 0 Å². The molecule has 5 nitrogen and oxygen atoms in total. The Kier molecular flexibility index (Phi) is 5.91. The molecule has 2 aliphatic heterocycles. The van der Waals surface area contributed by atoms with Crippen molar-refractivity contribution >= 4 is 5.91 Å². The van der Waals surface area contributed by atoms with Crippen LogP contribution in [0.25, 0.3) is 0 Å². The Labute approximate surface area is 134 Å². The van der Waals surface area contributed by atoms with Crippen LogP contribution in [0.15, 0.2) is 0 Å². The smallest absolute Gasteiger partial charge is 0.396 e. The molecule has 2 heterocycles. The molecule has 0 aliphatic carbocycles. The molecule has 0 unspecified atom stereocenters. The number of aliphatic hydroxyl groups is 2. The van der Waals surface area contributed by atoms with Crippen LogP contribution in [0, 0.1) is 5.41 Å². The Morgan fingerprint density at radius 1 is 1.22 bits per heavy atom. The second-order valence-corrected chi connectivity index (χ2v) is 6.75. The first kappa shape index (κ1) is 18.5. The van der Waals surface area contributed by atoms with Crippen LogP contribution >= 0.6 is 0 Å². The largest absolute Gasteiger partial charge is 0.415 e. The summed E-state index contributed by atoms with van der Waals surface area (Å²) in [5.74, 6) is 0.0963. The van der Waals surface area contributed by atoms with E-state index >= 15 is 0 Å². The number of aliphatic hydroxyl groups excluding tert-OH is 2. The van der Waals surface area contributed by atoms with E-state index in [0.29, 0.717) is 39.0 Å². The molecular weight excluding hydrogens is 313 g/mol. The highest BCUT2D eigenvalue weighted by atomic mass is 19.4. The van der Waals surface area contributed by atoms with E-state index in [1.807, 2.05) is 0 Å². The predicted octanol–water partition coefficient (Wildman–Crippen LogP) is 0.997. The van der Waals surface area contributed by atoms with Gasteiger partial charge in [-0.15, -0.1) is 0 Å². The van der Waals surface area contributed by atoms with Gasteiger partial charge in [0.1, 0.15) is 0 Å². The Morgan fingerprint density at radius 2 is 1.87 bits per heavy atom. The number of carbonyl (C=O) groups is 1. The average Bonchev–Trinajstić information content (AvgIpc) is 2.50. The van der Waals surface area contributed by atoms with Crippen LogP contribution in [-0.4, -0.2) is 77.5 Å². The van der Waals surface area contributed by atoms with E-state index in [1.165, 1.54) is 0 Å². The van der Waals surface area contributed by atoms with Crippen molar-refractivity contribution in [3.63, 3.8) is 0 Å². The monoisotopic (exact) mass is 338 g/mol. The van der Waals surface area contributed by atoms with Crippen molar-refractivity contribution in [2.45, 2.75) is 44.4 Å². The average molecular weight is 338 g/mol. The Bertz CT molecular complexity index is 409. The highest BCUT2D eigenvalue weighted by molar-refractivity contribution is 5.77. The van der Waals surface area contributed by atoms with E-state index in [0.717, 1.165) is 19.3 Å². The van der Waals surface area contributed by atoms with E-state index < -0.39 is 12.3 Å². The summed E-state index contributed by atoms with van der Waals surface area (Å²) in [6.45, 7) is 1.84. The maximum Gasteiger partial charge on any atom is 0.415 e. The lowest BCUT2D eigenvalue weighted by atomic mass is 9.72. The summed E-state index contributed by atoms with van der Waals surface area (Å²) < 4.78 is 37.3. The molecule has 0 saturated carbocycles. The standard InChI is InChI=1S/C15H25F3N2O3/c16-15(17,18)12(22)10-19-7-4-14(5-8-19)3-2-13(23)20(11-14)6-1-9-21/h12,21-22H,1-11H2/t12-/m1/s1. The van der Waals surface area contributed by atoms with Gasteiger partial charge in [0.05, 0.1) is 0 Å². The number of hydrogen-bond donors (Lipinski definition) is 2. The number of hydrogen-bond acceptors (Lipinski definition) is 4. The molecule has 23 heavy (non-hydrogen) atoms. The Hall–Kier alpha value is -0.860. The van der Waals surface area contributed by atoms with Crippen LogP contribution in [0.3, 0.4) is 0 Å². The number of amides is 1. The quantitative estimate of drug-likeness (QED) is 0.785. The van der Waals surface area contributed by atoms with E-state index in [-0.39, 0.29) is 24.5 Å². The summed E-state index contributed by atoms with van der Waals surface area (Å²) in [6, 6.07) is 0. The van der Waals surface area contributed by atoms with Crippen molar-refractivity contribution in [3.05, 3.63) is 0 Å². The normalized spacial score (nSPS) is 24.2. The fourth-order valence-corrected chi connectivity index (χ4v) is 3.53. The molecule has 0 radical (unpaired) electrons. The topological polar surface area (TPSA) is 64.0 Å². The minimum Gasteiger partial charge on any atom is -0.396 e. The lowest BCUT2D eigenvalue weighted by Gasteiger charge is -2.47. The number of likely N-dealkylation sites (tertiary alicyclic amines) is 2. The maximum atomic E-state index is 12.4. The fraction of sp³-hybridized carbons (Fsp3) is 0.933. The highest BCUT2D eigenvalue weighted by Crippen LogP contribution is 2.40. The first-order chi connectivity index (χ1) is 10.8. The van der Waals surface area contributed by atoms with E-state index in [9.17, 15) is 23.1 Å². The lowest BCUT2D eigenvalue weighted by Crippen LogP contribution is -2.53. The van der Waals surface area contributed by atoms with Gasteiger partial charge in [0.15, 0.2) is 6.10 Å². The van der Waals surface area contributed by atoms with Crippen molar-refractivity contribution in [3.8, 4) is 0 Å². The second-order valence-electron chi connectivity index (χ2n) is 6.75. The summed E-state index contributed by atoms with van der Waals surface area (Å²) in [7, 11) is 0. The zero-order valence-corrected chi connectivity index (χ0v) is 13.2. The van der Waals surface area contributed by atoms with Gasteiger partial charge in [0.25, 0.3) is 0 Å². The van der Waals surface area contributed by atoms with Crippen molar-refractivity contribution < 1.29 is 28.2 Å². The van der Waals surface area contributed by atoms with Crippen LogP contribution in [0.2, 0.25) is 0 Å². The summed E-state index contributed by atoms with van der Waals surface area (Å²) in [4.78, 5) is 15.4. The first-order valence-electron chi connectivity index (χ1n) is 8.11. The molecule has 2 N–H and O–H groups in total. The molecule has 2 fully saturated rings. The van der Waals surface area contributed by atoms with Gasteiger partial charge in [0.2, 0.25) is 5.91 Å². The predicted molar refractivity (Wildman–Crippen MR) is 77.7 cm³/mol. The fourth-order valence-electron chi connectivity index (χ4n) is 3.53. The van der Waals surface area contributed by atoms with Gasteiger partial charge in [-0.2, -0.15) is 13.2 Å². The zero-order chi connectivity index (χ0) is 17.1. The van der Waals surface area contributed by atoms with Crippen molar-refractivity contribution in [2.24, 2.45) is 5.41 Å². The third-order valence-electron chi connectivity index (χ3n) is 5.06. The van der Waals surface area contributed by atoms with Crippen molar-refractivity contribution in [1.29, 1.82) is 0 Å². The second kappa shape index (κ2) is 7.36. The number of halogens is 3. The van der Waals surface area contributed by atoms with E-state index in [1.54, 1.807) is 9.80 Å². The molecule has 2 rings (SSSR count). The molecule has 0 bridgehead atoms. The van der Waals surface area contributed by atoms with Gasteiger partial charge in [-0.1, -0.05) is 0 Å². The van der Waals surface area contributed by atoms with Crippen molar-refractivity contribution in [1.82, 2.24) is 9.80 Å². The van der Waals surface area contributed by atoms with Gasteiger partial charge in [-0.05, 0) is 44.2 Å². The number of nitrogens with zero attached hydrogens (tertiary/aromatic N) is 2. The molecule has 2 aliphatic rings. The maximum absolute atomic E-state index is 12.4. The molecule has 134 valence electrons. The van der Waals surface area contributed by atoms with Crippen LogP contribution < -0.4 is 0 Å². The molecule has 0 aromatic rings. The zero-order valence-electron chi connectivity index (χ0n) is 13.2. The van der Waals surface area contributed by atoms with Crippen LogP contribution in [0.4, 0.5) is 13.2 Å². The Balaban J connectivity index is 1.86. The molecular formula is C15H25F3N2O3.